The van der Waals surface area contributed by atoms with Gasteiger partial charge in [0.25, 0.3) is 5.91 Å². The highest BCUT2D eigenvalue weighted by Gasteiger charge is 2.23. The molecule has 1 aliphatic heterocycles. The highest BCUT2D eigenvalue weighted by atomic mass is 35.5. The van der Waals surface area contributed by atoms with Gasteiger partial charge in [0.15, 0.2) is 11.5 Å². The second kappa shape index (κ2) is 8.99. The lowest BCUT2D eigenvalue weighted by molar-refractivity contribution is 0.0919. The van der Waals surface area contributed by atoms with E-state index in [0.29, 0.717) is 23.1 Å². The number of methoxy groups -OCH3 is 1. The molecule has 0 aromatic heterocycles. The lowest BCUT2D eigenvalue weighted by Crippen LogP contribution is -2.51. The van der Waals surface area contributed by atoms with Crippen LogP contribution < -0.4 is 20.1 Å². The van der Waals surface area contributed by atoms with Gasteiger partial charge in [-0.2, -0.15) is 0 Å². The standard InChI is InChI=1S/C17H26N2O3.ClH/c1-11(2)22-15-8-7-13(10-16(15)21-4)17(20)19-14-6-5-9-18-12(14)3;/h7-8,10-12,14,18H,5-6,9H2,1-4H3,(H,19,20);1H. The van der Waals surface area contributed by atoms with Crippen LogP contribution in [0.3, 0.4) is 0 Å². The van der Waals surface area contributed by atoms with E-state index in [1.807, 2.05) is 13.8 Å². The van der Waals surface area contributed by atoms with Gasteiger partial charge in [-0.25, -0.2) is 0 Å². The van der Waals surface area contributed by atoms with E-state index in [2.05, 4.69) is 17.6 Å². The lowest BCUT2D eigenvalue weighted by Gasteiger charge is -2.30. The van der Waals surface area contributed by atoms with Crippen molar-refractivity contribution in [1.29, 1.82) is 0 Å². The lowest BCUT2D eigenvalue weighted by atomic mass is 9.99. The van der Waals surface area contributed by atoms with Crippen LogP contribution in [0.5, 0.6) is 11.5 Å². The van der Waals surface area contributed by atoms with Gasteiger partial charge in [0.1, 0.15) is 0 Å². The van der Waals surface area contributed by atoms with Crippen LogP contribution in [0.2, 0.25) is 0 Å². The minimum atomic E-state index is -0.0741. The first kappa shape index (κ1) is 19.6. The summed E-state index contributed by atoms with van der Waals surface area (Å²) in [5.41, 5.74) is 0.589. The summed E-state index contributed by atoms with van der Waals surface area (Å²) in [6.07, 6.45) is 2.15. The average molecular weight is 343 g/mol. The molecule has 0 bridgehead atoms. The number of nitrogens with one attached hydrogen (secondary N) is 2. The summed E-state index contributed by atoms with van der Waals surface area (Å²) in [5.74, 6) is 1.16. The van der Waals surface area contributed by atoms with E-state index in [0.717, 1.165) is 19.4 Å². The predicted molar refractivity (Wildman–Crippen MR) is 94.0 cm³/mol. The first-order valence-corrected chi connectivity index (χ1v) is 7.90. The molecule has 1 heterocycles. The zero-order valence-corrected chi connectivity index (χ0v) is 15.0. The maximum absolute atomic E-state index is 12.4. The Bertz CT molecular complexity index is 523. The smallest absolute Gasteiger partial charge is 0.251 e. The van der Waals surface area contributed by atoms with Crippen LogP contribution in [0, 0.1) is 0 Å². The highest BCUT2D eigenvalue weighted by molar-refractivity contribution is 5.95. The largest absolute Gasteiger partial charge is 0.493 e. The monoisotopic (exact) mass is 342 g/mol. The van der Waals surface area contributed by atoms with Crippen LogP contribution in [-0.4, -0.2) is 37.7 Å². The van der Waals surface area contributed by atoms with Crippen LogP contribution in [-0.2, 0) is 0 Å². The second-order valence-corrected chi connectivity index (χ2v) is 6.00. The SMILES string of the molecule is COc1cc(C(=O)NC2CCCNC2C)ccc1OC(C)C.Cl. The van der Waals surface area contributed by atoms with Crippen molar-refractivity contribution in [3.63, 3.8) is 0 Å². The molecule has 23 heavy (non-hydrogen) atoms. The molecule has 0 radical (unpaired) electrons. The highest BCUT2D eigenvalue weighted by Crippen LogP contribution is 2.29. The summed E-state index contributed by atoms with van der Waals surface area (Å²) in [5, 5.41) is 6.48. The predicted octanol–water partition coefficient (Wildman–Crippen LogP) is 2.77. The van der Waals surface area contributed by atoms with Crippen molar-refractivity contribution in [2.24, 2.45) is 0 Å². The molecule has 1 aromatic rings. The molecule has 0 saturated carbocycles. The minimum Gasteiger partial charge on any atom is -0.493 e. The van der Waals surface area contributed by atoms with Crippen molar-refractivity contribution >= 4 is 18.3 Å². The Kier molecular flexibility index (Phi) is 7.65. The number of hydrogen-bond donors (Lipinski definition) is 2. The van der Waals surface area contributed by atoms with Crippen LogP contribution in [0.1, 0.15) is 44.0 Å². The Balaban J connectivity index is 0.00000264. The van der Waals surface area contributed by atoms with Crippen molar-refractivity contribution in [1.82, 2.24) is 10.6 Å². The molecule has 1 aromatic carbocycles. The van der Waals surface area contributed by atoms with Gasteiger partial charge in [-0.3, -0.25) is 4.79 Å². The van der Waals surface area contributed by atoms with E-state index in [9.17, 15) is 4.79 Å². The van der Waals surface area contributed by atoms with Crippen LogP contribution in [0.4, 0.5) is 0 Å². The Morgan fingerprint density at radius 2 is 2.09 bits per heavy atom. The van der Waals surface area contributed by atoms with E-state index in [1.54, 1.807) is 25.3 Å². The van der Waals surface area contributed by atoms with E-state index >= 15 is 0 Å². The van der Waals surface area contributed by atoms with Crippen LogP contribution in [0.25, 0.3) is 0 Å². The molecule has 6 heteroatoms. The van der Waals surface area contributed by atoms with Gasteiger partial charge in [-0.15, -0.1) is 12.4 Å². The number of halogens is 1. The number of carbonyl (C=O) groups excluding carboxylic acids is 1. The summed E-state index contributed by atoms with van der Waals surface area (Å²) in [7, 11) is 1.58. The number of piperidine rings is 1. The summed E-state index contributed by atoms with van der Waals surface area (Å²) in [6, 6.07) is 5.75. The van der Waals surface area contributed by atoms with Crippen molar-refractivity contribution in [2.75, 3.05) is 13.7 Å². The zero-order valence-electron chi connectivity index (χ0n) is 14.2. The van der Waals surface area contributed by atoms with Gasteiger partial charge in [0.05, 0.1) is 13.2 Å². The maximum Gasteiger partial charge on any atom is 0.251 e. The molecule has 0 aliphatic carbocycles. The topological polar surface area (TPSA) is 59.6 Å². The Morgan fingerprint density at radius 3 is 2.70 bits per heavy atom. The molecule has 130 valence electrons. The molecule has 2 unspecified atom stereocenters. The third kappa shape index (κ3) is 5.29. The van der Waals surface area contributed by atoms with E-state index in [-0.39, 0.29) is 30.5 Å². The number of hydrogen-bond acceptors (Lipinski definition) is 4. The summed E-state index contributed by atoms with van der Waals surface area (Å²) >= 11 is 0. The molecule has 2 N–H and O–H groups in total. The Morgan fingerprint density at radius 1 is 1.35 bits per heavy atom. The number of carbonyl (C=O) groups is 1. The fraction of sp³-hybridized carbons (Fsp3) is 0.588. The van der Waals surface area contributed by atoms with Gasteiger partial charge in [-0.1, -0.05) is 0 Å². The quantitative estimate of drug-likeness (QED) is 0.863. The van der Waals surface area contributed by atoms with E-state index in [4.69, 9.17) is 9.47 Å². The number of amides is 1. The Labute approximate surface area is 144 Å². The normalized spacial score (nSPS) is 20.6. The molecular formula is C17H27ClN2O3. The van der Waals surface area contributed by atoms with Gasteiger partial charge < -0.3 is 20.1 Å². The van der Waals surface area contributed by atoms with Crippen molar-refractivity contribution < 1.29 is 14.3 Å². The summed E-state index contributed by atoms with van der Waals surface area (Å²) in [4.78, 5) is 12.4. The molecule has 1 fully saturated rings. The molecule has 2 atom stereocenters. The molecule has 1 amide bonds. The summed E-state index contributed by atoms with van der Waals surface area (Å²) in [6.45, 7) is 7.03. The van der Waals surface area contributed by atoms with Crippen molar-refractivity contribution in [2.45, 2.75) is 51.8 Å². The van der Waals surface area contributed by atoms with Gasteiger partial charge in [-0.05, 0) is 58.4 Å². The van der Waals surface area contributed by atoms with Crippen molar-refractivity contribution in [3.8, 4) is 11.5 Å². The third-order valence-electron chi connectivity index (χ3n) is 3.87. The molecule has 0 spiro atoms. The van der Waals surface area contributed by atoms with Crippen LogP contribution >= 0.6 is 12.4 Å². The molecule has 1 aliphatic rings. The molecule has 1 saturated heterocycles. The first-order valence-electron chi connectivity index (χ1n) is 7.90. The number of rotatable bonds is 5. The van der Waals surface area contributed by atoms with Crippen LogP contribution in [0.15, 0.2) is 18.2 Å². The van der Waals surface area contributed by atoms with E-state index < -0.39 is 0 Å². The van der Waals surface area contributed by atoms with Gasteiger partial charge in [0, 0.05) is 17.6 Å². The number of ether oxygens (including phenoxy) is 2. The number of benzene rings is 1. The third-order valence-corrected chi connectivity index (χ3v) is 3.87. The summed E-state index contributed by atoms with van der Waals surface area (Å²) < 4.78 is 11.0. The first-order chi connectivity index (χ1) is 10.5. The maximum atomic E-state index is 12.4. The minimum absolute atomic E-state index is 0. The Hall–Kier alpha value is -1.46. The second-order valence-electron chi connectivity index (χ2n) is 6.00. The fourth-order valence-corrected chi connectivity index (χ4v) is 2.65. The molecule has 2 rings (SSSR count). The zero-order chi connectivity index (χ0) is 16.1. The fourth-order valence-electron chi connectivity index (χ4n) is 2.65. The van der Waals surface area contributed by atoms with E-state index in [1.165, 1.54) is 0 Å². The average Bonchev–Trinajstić information content (AvgIpc) is 2.49. The van der Waals surface area contributed by atoms with Gasteiger partial charge in [0.2, 0.25) is 0 Å². The molecule has 5 nitrogen and oxygen atoms in total. The van der Waals surface area contributed by atoms with Gasteiger partial charge >= 0.3 is 0 Å². The van der Waals surface area contributed by atoms with Crippen molar-refractivity contribution in [3.05, 3.63) is 23.8 Å². The molecular weight excluding hydrogens is 316 g/mol.